The first kappa shape index (κ1) is 27.7. The number of nitro groups is 1. The predicted molar refractivity (Wildman–Crippen MR) is 139 cm³/mol. The highest BCUT2D eigenvalue weighted by Gasteiger charge is 2.15. The van der Waals surface area contributed by atoms with Gasteiger partial charge in [0.25, 0.3) is 5.91 Å². The van der Waals surface area contributed by atoms with E-state index < -0.39 is 23.4 Å². The number of carbonyl (C=O) groups excluding carboxylic acids is 2. The van der Waals surface area contributed by atoms with Gasteiger partial charge in [0.1, 0.15) is 5.75 Å². The van der Waals surface area contributed by atoms with Crippen LogP contribution in [0.1, 0.15) is 35.7 Å². The third kappa shape index (κ3) is 8.05. The molecule has 0 aromatic heterocycles. The lowest BCUT2D eigenvalue weighted by molar-refractivity contribution is -0.385. The van der Waals surface area contributed by atoms with Crippen molar-refractivity contribution in [3.8, 4) is 23.0 Å². The number of carbonyl (C=O) groups is 2. The summed E-state index contributed by atoms with van der Waals surface area (Å²) in [6.45, 7) is 2.23. The number of methoxy groups -OCH3 is 1. The minimum absolute atomic E-state index is 0.0252. The van der Waals surface area contributed by atoms with Crippen molar-refractivity contribution in [3.63, 3.8) is 0 Å². The molecule has 3 aromatic rings. The number of nitro benzene ring substituents is 1. The molecule has 0 unspecified atom stereocenters. The summed E-state index contributed by atoms with van der Waals surface area (Å²) in [6.07, 6.45) is 3.34. The number of amides is 1. The maximum atomic E-state index is 12.6. The Kier molecular flexibility index (Phi) is 10.2. The molecular formula is C27H27N3O8. The highest BCUT2D eigenvalue weighted by atomic mass is 16.6. The monoisotopic (exact) mass is 521 g/mol. The highest BCUT2D eigenvalue weighted by Crippen LogP contribution is 2.29. The van der Waals surface area contributed by atoms with Crippen molar-refractivity contribution < 1.29 is 33.5 Å². The summed E-state index contributed by atoms with van der Waals surface area (Å²) in [6, 6.07) is 17.1. The van der Waals surface area contributed by atoms with Crippen molar-refractivity contribution in [1.82, 2.24) is 5.43 Å². The summed E-state index contributed by atoms with van der Waals surface area (Å²) in [5.74, 6) is -0.0267. The van der Waals surface area contributed by atoms with Gasteiger partial charge in [0, 0.05) is 6.07 Å². The number of rotatable bonds is 13. The Morgan fingerprint density at radius 2 is 1.76 bits per heavy atom. The van der Waals surface area contributed by atoms with Crippen LogP contribution in [0.15, 0.2) is 71.8 Å². The molecule has 0 atom stereocenters. The third-order valence-electron chi connectivity index (χ3n) is 5.07. The Balaban J connectivity index is 1.54. The van der Waals surface area contributed by atoms with Crippen molar-refractivity contribution in [2.75, 3.05) is 20.3 Å². The molecule has 3 rings (SSSR count). The maximum absolute atomic E-state index is 12.6. The van der Waals surface area contributed by atoms with Crippen molar-refractivity contribution in [2.45, 2.75) is 19.8 Å². The lowest BCUT2D eigenvalue weighted by atomic mass is 10.2. The third-order valence-corrected chi connectivity index (χ3v) is 5.07. The number of esters is 1. The highest BCUT2D eigenvalue weighted by molar-refractivity contribution is 5.92. The number of nitrogens with one attached hydrogen (secondary N) is 1. The number of hydrogen-bond acceptors (Lipinski definition) is 9. The Morgan fingerprint density at radius 1 is 1.00 bits per heavy atom. The molecule has 0 fully saturated rings. The van der Waals surface area contributed by atoms with Gasteiger partial charge in [0.05, 0.1) is 30.4 Å². The van der Waals surface area contributed by atoms with E-state index >= 15 is 0 Å². The molecule has 3 aromatic carbocycles. The van der Waals surface area contributed by atoms with E-state index in [-0.39, 0.29) is 22.9 Å². The van der Waals surface area contributed by atoms with Crippen molar-refractivity contribution >= 4 is 23.8 Å². The number of hydrazone groups is 1. The number of hydrogen-bond donors (Lipinski definition) is 1. The minimum Gasteiger partial charge on any atom is -0.494 e. The molecule has 0 aliphatic carbocycles. The molecule has 0 radical (unpaired) electrons. The molecule has 0 aliphatic rings. The molecule has 38 heavy (non-hydrogen) atoms. The Morgan fingerprint density at radius 3 is 2.47 bits per heavy atom. The summed E-state index contributed by atoms with van der Waals surface area (Å²) < 4.78 is 21.6. The van der Waals surface area contributed by atoms with Gasteiger partial charge in [-0.2, -0.15) is 5.10 Å². The molecule has 11 nitrogen and oxygen atoms in total. The van der Waals surface area contributed by atoms with Gasteiger partial charge < -0.3 is 18.9 Å². The Bertz CT molecular complexity index is 1290. The lowest BCUT2D eigenvalue weighted by Gasteiger charge is -2.10. The van der Waals surface area contributed by atoms with Crippen molar-refractivity contribution in [1.29, 1.82) is 0 Å². The van der Waals surface area contributed by atoms with Crippen LogP contribution >= 0.6 is 0 Å². The summed E-state index contributed by atoms with van der Waals surface area (Å²) in [7, 11) is 1.43. The molecule has 1 amide bonds. The van der Waals surface area contributed by atoms with Crippen LogP contribution in [-0.2, 0) is 4.79 Å². The van der Waals surface area contributed by atoms with Crippen LogP contribution in [0.2, 0.25) is 0 Å². The van der Waals surface area contributed by atoms with Crippen LogP contribution in [0, 0.1) is 10.1 Å². The van der Waals surface area contributed by atoms with Gasteiger partial charge in [-0.1, -0.05) is 25.5 Å². The first-order valence-electron chi connectivity index (χ1n) is 11.7. The zero-order valence-corrected chi connectivity index (χ0v) is 20.9. The van der Waals surface area contributed by atoms with Gasteiger partial charge >= 0.3 is 11.7 Å². The molecule has 0 saturated carbocycles. The van der Waals surface area contributed by atoms with E-state index in [2.05, 4.69) is 17.5 Å². The van der Waals surface area contributed by atoms with Crippen LogP contribution in [0.25, 0.3) is 0 Å². The molecule has 198 valence electrons. The van der Waals surface area contributed by atoms with E-state index in [9.17, 15) is 19.7 Å². The van der Waals surface area contributed by atoms with Crippen LogP contribution in [0.4, 0.5) is 5.69 Å². The fourth-order valence-corrected chi connectivity index (χ4v) is 3.11. The topological polar surface area (TPSA) is 139 Å². The number of para-hydroxylation sites is 2. The zero-order chi connectivity index (χ0) is 27.3. The Hall–Kier alpha value is -4.93. The van der Waals surface area contributed by atoms with Gasteiger partial charge in [-0.15, -0.1) is 0 Å². The SMILES string of the molecule is CCCCOc1ccc(C(=O)Oc2ccc(C=NNC(=O)COc3ccccc3[N+](=O)[O-])cc2OC)cc1. The summed E-state index contributed by atoms with van der Waals surface area (Å²) in [4.78, 5) is 35.0. The quantitative estimate of drug-likeness (QED) is 0.0864. The number of nitrogens with zero attached hydrogens (tertiary/aromatic N) is 2. The average Bonchev–Trinajstić information content (AvgIpc) is 2.93. The zero-order valence-electron chi connectivity index (χ0n) is 20.9. The predicted octanol–water partition coefficient (Wildman–Crippen LogP) is 4.53. The standard InChI is InChI=1S/C27H27N3O8/c1-3-4-15-36-21-12-10-20(11-13-21)27(32)38-24-14-9-19(16-25(24)35-2)17-28-29-26(31)18-37-23-8-6-5-7-22(23)30(33)34/h5-14,16-17H,3-4,15,18H2,1-2H3,(H,29,31). The minimum atomic E-state index is -0.612. The molecule has 0 saturated heterocycles. The molecule has 11 heteroatoms. The van der Waals surface area contributed by atoms with Crippen molar-refractivity contribution in [2.24, 2.45) is 5.10 Å². The second-order valence-electron chi connectivity index (χ2n) is 7.83. The van der Waals surface area contributed by atoms with Gasteiger partial charge in [0.15, 0.2) is 23.9 Å². The molecule has 0 bridgehead atoms. The molecule has 0 spiro atoms. The van der Waals surface area contributed by atoms with Gasteiger partial charge in [-0.3, -0.25) is 14.9 Å². The second kappa shape index (κ2) is 14.0. The van der Waals surface area contributed by atoms with E-state index in [0.717, 1.165) is 12.8 Å². The molecule has 0 aliphatic heterocycles. The van der Waals surface area contributed by atoms with Gasteiger partial charge in [-0.25, -0.2) is 10.2 Å². The summed E-state index contributed by atoms with van der Waals surface area (Å²) in [5, 5.41) is 14.9. The summed E-state index contributed by atoms with van der Waals surface area (Å²) >= 11 is 0. The molecule has 0 heterocycles. The maximum Gasteiger partial charge on any atom is 0.343 e. The van der Waals surface area contributed by atoms with E-state index in [1.54, 1.807) is 48.5 Å². The number of benzene rings is 3. The van der Waals surface area contributed by atoms with Crippen LogP contribution in [0.5, 0.6) is 23.0 Å². The normalized spacial score (nSPS) is 10.6. The number of unbranched alkanes of at least 4 members (excludes halogenated alkanes) is 1. The first-order valence-corrected chi connectivity index (χ1v) is 11.7. The van der Waals surface area contributed by atoms with Gasteiger partial charge in [-0.05, 0) is 60.5 Å². The van der Waals surface area contributed by atoms with E-state index in [4.69, 9.17) is 18.9 Å². The first-order chi connectivity index (χ1) is 18.4. The van der Waals surface area contributed by atoms with Crippen LogP contribution in [-0.4, -0.2) is 43.3 Å². The van der Waals surface area contributed by atoms with E-state index in [1.807, 2.05) is 0 Å². The van der Waals surface area contributed by atoms with Crippen LogP contribution < -0.4 is 24.4 Å². The smallest absolute Gasteiger partial charge is 0.343 e. The van der Waals surface area contributed by atoms with E-state index in [1.165, 1.54) is 31.5 Å². The fraction of sp³-hybridized carbons (Fsp3) is 0.222. The number of ether oxygens (including phenoxy) is 4. The average molecular weight is 522 g/mol. The van der Waals surface area contributed by atoms with Crippen molar-refractivity contribution in [3.05, 3.63) is 88.0 Å². The Labute approximate surface area is 219 Å². The lowest BCUT2D eigenvalue weighted by Crippen LogP contribution is -2.24. The van der Waals surface area contributed by atoms with Crippen LogP contribution in [0.3, 0.4) is 0 Å². The summed E-state index contributed by atoms with van der Waals surface area (Å²) in [5.41, 5.74) is 2.93. The van der Waals surface area contributed by atoms with Gasteiger partial charge in [0.2, 0.25) is 0 Å². The van der Waals surface area contributed by atoms with E-state index in [0.29, 0.717) is 23.5 Å². The fourth-order valence-electron chi connectivity index (χ4n) is 3.11. The molecule has 1 N–H and O–H groups in total. The largest absolute Gasteiger partial charge is 0.494 e. The second-order valence-corrected chi connectivity index (χ2v) is 7.83. The molecular weight excluding hydrogens is 494 g/mol.